The molecule has 1 amide bonds. The minimum Gasteiger partial charge on any atom is -0.452 e. The summed E-state index contributed by atoms with van der Waals surface area (Å²) >= 11 is 0. The van der Waals surface area contributed by atoms with Crippen LogP contribution in [-0.4, -0.2) is 36.7 Å². The molecule has 2 N–H and O–H groups in total. The highest BCUT2D eigenvalue weighted by molar-refractivity contribution is 7.92. The first-order valence-electron chi connectivity index (χ1n) is 8.90. The molecule has 0 fully saturated rings. The number of ether oxygens (including phenoxy) is 1. The van der Waals surface area contributed by atoms with Gasteiger partial charge in [-0.15, -0.1) is 0 Å². The first-order valence-corrected chi connectivity index (χ1v) is 10.4. The minimum atomic E-state index is -3.79. The van der Waals surface area contributed by atoms with Crippen molar-refractivity contribution in [3.63, 3.8) is 0 Å². The standard InChI is InChI=1S/C20H20N4O5S/c1-14-12-18(24(2)22-14)21-19(25)13-29-20(26)15-8-10-17(11-9-15)30(27,28)23-16-6-4-3-5-7-16/h3-12,23H,13H2,1-2H3,(H,21,25). The zero-order valence-corrected chi connectivity index (χ0v) is 17.1. The predicted molar refractivity (Wildman–Crippen MR) is 111 cm³/mol. The Kier molecular flexibility index (Phi) is 6.17. The fraction of sp³-hybridized carbons (Fsp3) is 0.150. The number of nitrogens with one attached hydrogen (secondary N) is 2. The Bertz CT molecular complexity index is 1160. The Hall–Kier alpha value is -3.66. The number of aromatic nitrogens is 2. The molecule has 0 unspecified atom stereocenters. The number of carbonyl (C=O) groups excluding carboxylic acids is 2. The number of hydrogen-bond acceptors (Lipinski definition) is 6. The fourth-order valence-electron chi connectivity index (χ4n) is 2.61. The van der Waals surface area contributed by atoms with Gasteiger partial charge in [-0.1, -0.05) is 18.2 Å². The number of benzene rings is 2. The highest BCUT2D eigenvalue weighted by Gasteiger charge is 2.16. The van der Waals surface area contributed by atoms with E-state index in [9.17, 15) is 18.0 Å². The van der Waals surface area contributed by atoms with Crippen LogP contribution in [-0.2, 0) is 26.6 Å². The summed E-state index contributed by atoms with van der Waals surface area (Å²) < 4.78 is 33.8. The maximum atomic E-state index is 12.4. The van der Waals surface area contributed by atoms with Crippen molar-refractivity contribution in [2.45, 2.75) is 11.8 Å². The molecule has 0 saturated heterocycles. The number of hydrogen-bond donors (Lipinski definition) is 2. The highest BCUT2D eigenvalue weighted by Crippen LogP contribution is 2.16. The van der Waals surface area contributed by atoms with Gasteiger partial charge < -0.3 is 10.1 Å². The molecule has 10 heteroatoms. The summed E-state index contributed by atoms with van der Waals surface area (Å²) in [6.07, 6.45) is 0. The third-order valence-electron chi connectivity index (χ3n) is 4.03. The molecule has 2 aromatic carbocycles. The summed E-state index contributed by atoms with van der Waals surface area (Å²) in [6, 6.07) is 15.4. The molecule has 0 radical (unpaired) electrons. The first-order chi connectivity index (χ1) is 14.2. The fourth-order valence-corrected chi connectivity index (χ4v) is 3.67. The van der Waals surface area contributed by atoms with Gasteiger partial charge in [0.25, 0.3) is 15.9 Å². The van der Waals surface area contributed by atoms with E-state index in [1.54, 1.807) is 50.4 Å². The van der Waals surface area contributed by atoms with Gasteiger partial charge in [-0.25, -0.2) is 13.2 Å². The molecule has 0 aliphatic carbocycles. The second-order valence-corrected chi connectivity index (χ2v) is 8.10. The molecule has 3 aromatic rings. The molecule has 9 nitrogen and oxygen atoms in total. The summed E-state index contributed by atoms with van der Waals surface area (Å²) in [6.45, 7) is 1.30. The SMILES string of the molecule is Cc1cc(NC(=O)COC(=O)c2ccc(S(=O)(=O)Nc3ccccc3)cc2)n(C)n1. The van der Waals surface area contributed by atoms with Crippen LogP contribution in [0.5, 0.6) is 0 Å². The van der Waals surface area contributed by atoms with Crippen molar-refractivity contribution in [1.82, 2.24) is 9.78 Å². The van der Waals surface area contributed by atoms with Gasteiger partial charge >= 0.3 is 5.97 Å². The lowest BCUT2D eigenvalue weighted by molar-refractivity contribution is -0.119. The molecular formula is C20H20N4O5S. The maximum absolute atomic E-state index is 12.4. The number of anilines is 2. The molecular weight excluding hydrogens is 408 g/mol. The van der Waals surface area contributed by atoms with Crippen LogP contribution in [0.1, 0.15) is 16.1 Å². The Morgan fingerprint density at radius 2 is 1.73 bits per heavy atom. The van der Waals surface area contributed by atoms with E-state index in [0.717, 1.165) is 5.69 Å². The van der Waals surface area contributed by atoms with E-state index in [-0.39, 0.29) is 10.5 Å². The summed E-state index contributed by atoms with van der Waals surface area (Å²) in [5.74, 6) is -0.780. The van der Waals surface area contributed by atoms with E-state index in [4.69, 9.17) is 4.74 Å². The Morgan fingerprint density at radius 3 is 2.33 bits per heavy atom. The van der Waals surface area contributed by atoms with Crippen molar-refractivity contribution in [2.24, 2.45) is 7.05 Å². The molecule has 1 aromatic heterocycles. The molecule has 0 spiro atoms. The van der Waals surface area contributed by atoms with Crippen molar-refractivity contribution in [3.8, 4) is 0 Å². The quantitative estimate of drug-likeness (QED) is 0.558. The molecule has 3 rings (SSSR count). The summed E-state index contributed by atoms with van der Waals surface area (Å²) in [5, 5.41) is 6.69. The van der Waals surface area contributed by atoms with E-state index in [2.05, 4.69) is 15.1 Å². The average Bonchev–Trinajstić information content (AvgIpc) is 3.03. The largest absolute Gasteiger partial charge is 0.452 e. The van der Waals surface area contributed by atoms with Crippen LogP contribution in [0.2, 0.25) is 0 Å². The van der Waals surface area contributed by atoms with Crippen molar-refractivity contribution in [1.29, 1.82) is 0 Å². The molecule has 0 atom stereocenters. The molecule has 0 saturated carbocycles. The molecule has 30 heavy (non-hydrogen) atoms. The van der Waals surface area contributed by atoms with Gasteiger partial charge in [-0.2, -0.15) is 5.10 Å². The van der Waals surface area contributed by atoms with Crippen molar-refractivity contribution in [3.05, 3.63) is 71.9 Å². The van der Waals surface area contributed by atoms with Crippen molar-refractivity contribution >= 4 is 33.4 Å². The molecule has 0 aliphatic heterocycles. The third kappa shape index (κ3) is 5.23. The summed E-state index contributed by atoms with van der Waals surface area (Å²) in [7, 11) is -2.12. The number of rotatable bonds is 7. The number of sulfonamides is 1. The van der Waals surface area contributed by atoms with Gasteiger partial charge in [0.15, 0.2) is 6.61 Å². The van der Waals surface area contributed by atoms with Crippen LogP contribution < -0.4 is 10.0 Å². The van der Waals surface area contributed by atoms with Gasteiger partial charge in [0.2, 0.25) is 0 Å². The number of esters is 1. The second kappa shape index (κ2) is 8.78. The number of aryl methyl sites for hydroxylation is 2. The van der Waals surface area contributed by atoms with Gasteiger partial charge in [0.05, 0.1) is 16.2 Å². The monoisotopic (exact) mass is 428 g/mol. The van der Waals surface area contributed by atoms with E-state index in [1.807, 2.05) is 0 Å². The van der Waals surface area contributed by atoms with Crippen LogP contribution >= 0.6 is 0 Å². The Morgan fingerprint density at radius 1 is 1.07 bits per heavy atom. The van der Waals surface area contributed by atoms with Crippen molar-refractivity contribution < 1.29 is 22.7 Å². The molecule has 0 bridgehead atoms. The maximum Gasteiger partial charge on any atom is 0.338 e. The van der Waals surface area contributed by atoms with Crippen LogP contribution in [0.4, 0.5) is 11.5 Å². The normalized spacial score (nSPS) is 11.0. The van der Waals surface area contributed by atoms with E-state index in [0.29, 0.717) is 11.5 Å². The number of amides is 1. The lowest BCUT2D eigenvalue weighted by atomic mass is 10.2. The zero-order valence-electron chi connectivity index (χ0n) is 16.3. The van der Waals surface area contributed by atoms with Gasteiger partial charge in [0.1, 0.15) is 5.82 Å². The van der Waals surface area contributed by atoms with Gasteiger partial charge in [0, 0.05) is 18.8 Å². The average molecular weight is 428 g/mol. The topological polar surface area (TPSA) is 119 Å². The molecule has 0 aliphatic rings. The van der Waals surface area contributed by atoms with Gasteiger partial charge in [-0.3, -0.25) is 14.2 Å². The third-order valence-corrected chi connectivity index (χ3v) is 5.43. The smallest absolute Gasteiger partial charge is 0.338 e. The predicted octanol–water partition coefficient (Wildman–Crippen LogP) is 2.32. The number of nitrogens with zero attached hydrogens (tertiary/aromatic N) is 2. The zero-order chi connectivity index (χ0) is 21.7. The lowest BCUT2D eigenvalue weighted by Crippen LogP contribution is -2.22. The Balaban J connectivity index is 1.58. The lowest BCUT2D eigenvalue weighted by Gasteiger charge is -2.09. The summed E-state index contributed by atoms with van der Waals surface area (Å²) in [5.41, 5.74) is 1.29. The minimum absolute atomic E-state index is 0.00720. The van der Waals surface area contributed by atoms with E-state index < -0.39 is 28.5 Å². The molecule has 1 heterocycles. The first kappa shape index (κ1) is 21.1. The van der Waals surface area contributed by atoms with E-state index >= 15 is 0 Å². The van der Waals surface area contributed by atoms with Crippen molar-refractivity contribution in [2.75, 3.05) is 16.6 Å². The summed E-state index contributed by atoms with van der Waals surface area (Å²) in [4.78, 5) is 24.1. The second-order valence-electron chi connectivity index (χ2n) is 6.41. The van der Waals surface area contributed by atoms with E-state index in [1.165, 1.54) is 28.9 Å². The highest BCUT2D eigenvalue weighted by atomic mass is 32.2. The van der Waals surface area contributed by atoms with Crippen LogP contribution in [0.3, 0.4) is 0 Å². The van der Waals surface area contributed by atoms with Crippen LogP contribution in [0, 0.1) is 6.92 Å². The van der Waals surface area contributed by atoms with Gasteiger partial charge in [-0.05, 0) is 43.3 Å². The number of carbonyl (C=O) groups is 2. The number of para-hydroxylation sites is 1. The Labute approximate surface area is 173 Å². The van der Waals surface area contributed by atoms with Crippen LogP contribution in [0.25, 0.3) is 0 Å². The van der Waals surface area contributed by atoms with Crippen LogP contribution in [0.15, 0.2) is 65.6 Å². The molecule has 156 valence electrons.